The number of carboxylic acids is 1. The molecule has 1 unspecified atom stereocenters. The predicted octanol–water partition coefficient (Wildman–Crippen LogP) is -0.867. The second kappa shape index (κ2) is 10.9. The maximum atomic E-state index is 12.4. The van der Waals surface area contributed by atoms with Crippen molar-refractivity contribution in [1.82, 2.24) is 20.3 Å². The molecule has 0 saturated heterocycles. The van der Waals surface area contributed by atoms with Crippen molar-refractivity contribution in [2.75, 3.05) is 27.2 Å². The number of phenols is 1. The molecular weight excluding hydrogens is 386 g/mol. The molecule has 0 bridgehead atoms. The summed E-state index contributed by atoms with van der Waals surface area (Å²) in [4.78, 5) is 24.2. The number of fused-ring (bicyclic) bond motifs is 1. The van der Waals surface area contributed by atoms with Gasteiger partial charge < -0.3 is 25.2 Å². The largest absolute Gasteiger partial charge is 0.550 e. The number of carbonyl (C=O) groups excluding carboxylic acids is 2. The van der Waals surface area contributed by atoms with E-state index in [0.717, 1.165) is 30.1 Å². The SMILES string of the molecule is CC(=O)[O-].C[NH+](C)CCNC(=O)CC(c1ccc(O)cc1)n1nc2ccccc2n1. The minimum Gasteiger partial charge on any atom is -0.550 e. The van der Waals surface area contributed by atoms with Gasteiger partial charge in [-0.3, -0.25) is 4.79 Å². The number of nitrogens with one attached hydrogen (secondary N) is 2. The molecule has 1 atom stereocenters. The third-order valence-corrected chi connectivity index (χ3v) is 4.18. The molecule has 1 heterocycles. The van der Waals surface area contributed by atoms with Crippen molar-refractivity contribution < 1.29 is 24.7 Å². The number of rotatable bonds is 7. The van der Waals surface area contributed by atoms with E-state index >= 15 is 0 Å². The Labute approximate surface area is 174 Å². The number of aromatic hydroxyl groups is 1. The molecule has 1 amide bonds. The molecule has 3 aromatic rings. The lowest BCUT2D eigenvalue weighted by atomic mass is 10.0. The number of nitrogens with zero attached hydrogens (tertiary/aromatic N) is 3. The first-order valence-corrected chi connectivity index (χ1v) is 9.60. The van der Waals surface area contributed by atoms with Gasteiger partial charge in [-0.1, -0.05) is 24.3 Å². The van der Waals surface area contributed by atoms with Gasteiger partial charge in [0.1, 0.15) is 22.8 Å². The molecule has 9 heteroatoms. The lowest BCUT2D eigenvalue weighted by Gasteiger charge is -2.17. The van der Waals surface area contributed by atoms with E-state index in [1.165, 1.54) is 4.90 Å². The number of benzene rings is 2. The Morgan fingerprint density at radius 1 is 1.10 bits per heavy atom. The molecule has 1 aromatic heterocycles. The summed E-state index contributed by atoms with van der Waals surface area (Å²) >= 11 is 0. The van der Waals surface area contributed by atoms with E-state index in [1.54, 1.807) is 29.1 Å². The van der Waals surface area contributed by atoms with Crippen molar-refractivity contribution in [2.24, 2.45) is 0 Å². The minimum atomic E-state index is -1.08. The number of carboxylic acid groups (broad SMARTS) is 1. The first kappa shape index (κ1) is 22.8. The summed E-state index contributed by atoms with van der Waals surface area (Å²) in [6.07, 6.45) is 0.231. The van der Waals surface area contributed by atoms with E-state index < -0.39 is 5.97 Å². The molecular formula is C21H27N5O4. The fourth-order valence-corrected chi connectivity index (χ4v) is 2.74. The third kappa shape index (κ3) is 7.17. The fraction of sp³-hybridized carbons (Fsp3) is 0.333. The Hall–Kier alpha value is -3.46. The lowest BCUT2D eigenvalue weighted by molar-refractivity contribution is -0.856. The summed E-state index contributed by atoms with van der Waals surface area (Å²) < 4.78 is 0. The van der Waals surface area contributed by atoms with Gasteiger partial charge in [-0.25, -0.2) is 0 Å². The summed E-state index contributed by atoms with van der Waals surface area (Å²) in [5, 5.41) is 30.5. The molecule has 3 rings (SSSR count). The summed E-state index contributed by atoms with van der Waals surface area (Å²) in [5.74, 6) is -0.949. The lowest BCUT2D eigenvalue weighted by Crippen LogP contribution is -3.06. The minimum absolute atomic E-state index is 0.0503. The van der Waals surface area contributed by atoms with Crippen molar-refractivity contribution in [2.45, 2.75) is 19.4 Å². The summed E-state index contributed by atoms with van der Waals surface area (Å²) in [5.41, 5.74) is 2.44. The zero-order valence-electron chi connectivity index (χ0n) is 17.3. The van der Waals surface area contributed by atoms with E-state index in [4.69, 9.17) is 9.90 Å². The Balaban J connectivity index is 0.000000735. The molecule has 30 heavy (non-hydrogen) atoms. The maximum absolute atomic E-state index is 12.4. The second-order valence-corrected chi connectivity index (χ2v) is 7.12. The first-order chi connectivity index (χ1) is 14.3. The van der Waals surface area contributed by atoms with Gasteiger partial charge in [-0.05, 0) is 36.8 Å². The van der Waals surface area contributed by atoms with Gasteiger partial charge in [-0.15, -0.1) is 0 Å². The number of carbonyl (C=O) groups is 2. The summed E-state index contributed by atoms with van der Waals surface area (Å²) in [7, 11) is 4.09. The van der Waals surface area contributed by atoms with Crippen LogP contribution in [0.15, 0.2) is 48.5 Å². The van der Waals surface area contributed by atoms with E-state index in [9.17, 15) is 9.90 Å². The molecule has 0 aliphatic rings. The molecule has 9 nitrogen and oxygen atoms in total. The van der Waals surface area contributed by atoms with Gasteiger partial charge in [-0.2, -0.15) is 15.0 Å². The average Bonchev–Trinajstić information content (AvgIpc) is 3.10. The van der Waals surface area contributed by atoms with Gasteiger partial charge in [0.05, 0.1) is 33.6 Å². The smallest absolute Gasteiger partial charge is 0.222 e. The Morgan fingerprint density at radius 3 is 2.13 bits per heavy atom. The molecule has 0 fully saturated rings. The Morgan fingerprint density at radius 2 is 1.63 bits per heavy atom. The number of aliphatic carboxylic acids is 1. The van der Waals surface area contributed by atoms with Crippen molar-refractivity contribution in [1.29, 1.82) is 0 Å². The highest BCUT2D eigenvalue weighted by Gasteiger charge is 2.21. The number of quaternary nitrogens is 1. The van der Waals surface area contributed by atoms with E-state index in [2.05, 4.69) is 15.5 Å². The van der Waals surface area contributed by atoms with Crippen LogP contribution in [0.1, 0.15) is 24.9 Å². The number of hydrogen-bond acceptors (Lipinski definition) is 6. The number of hydrogen-bond donors (Lipinski definition) is 3. The van der Waals surface area contributed by atoms with E-state index in [0.29, 0.717) is 6.54 Å². The van der Waals surface area contributed by atoms with Crippen LogP contribution in [0.5, 0.6) is 5.75 Å². The van der Waals surface area contributed by atoms with Gasteiger partial charge >= 0.3 is 0 Å². The molecule has 3 N–H and O–H groups in total. The van der Waals surface area contributed by atoms with Crippen LogP contribution in [-0.4, -0.2) is 59.2 Å². The maximum Gasteiger partial charge on any atom is 0.222 e. The molecule has 0 spiro atoms. The van der Waals surface area contributed by atoms with Crippen LogP contribution >= 0.6 is 0 Å². The van der Waals surface area contributed by atoms with Gasteiger partial charge in [0, 0.05) is 5.97 Å². The standard InChI is InChI=1S/C19H23N5O2.C2H4O2/c1-23(2)12-11-20-19(26)13-18(14-7-9-15(25)10-8-14)24-21-16-5-3-4-6-17(16)22-24;1-2(3)4/h3-10,18,25H,11-13H2,1-2H3,(H,20,26);1H3,(H,3,4). The summed E-state index contributed by atoms with van der Waals surface area (Å²) in [6.45, 7) is 2.46. The first-order valence-electron chi connectivity index (χ1n) is 9.60. The van der Waals surface area contributed by atoms with Crippen molar-refractivity contribution in [3.05, 3.63) is 54.1 Å². The second-order valence-electron chi connectivity index (χ2n) is 7.12. The topological polar surface area (TPSA) is 125 Å². The fourth-order valence-electron chi connectivity index (χ4n) is 2.74. The monoisotopic (exact) mass is 413 g/mol. The Kier molecular flexibility index (Phi) is 8.30. The van der Waals surface area contributed by atoms with Gasteiger partial charge in [0.25, 0.3) is 0 Å². The highest BCUT2D eigenvalue weighted by Crippen LogP contribution is 2.24. The molecule has 2 aromatic carbocycles. The number of amides is 1. The van der Waals surface area contributed by atoms with Crippen LogP contribution < -0.4 is 15.3 Å². The van der Waals surface area contributed by atoms with Crippen LogP contribution in [0.4, 0.5) is 0 Å². The van der Waals surface area contributed by atoms with Crippen LogP contribution in [0.25, 0.3) is 11.0 Å². The highest BCUT2D eigenvalue weighted by atomic mass is 16.4. The van der Waals surface area contributed by atoms with Crippen molar-refractivity contribution in [3.8, 4) is 5.75 Å². The molecule has 0 radical (unpaired) electrons. The quantitative estimate of drug-likeness (QED) is 0.463. The predicted molar refractivity (Wildman–Crippen MR) is 110 cm³/mol. The number of aromatic nitrogens is 3. The molecule has 0 aliphatic carbocycles. The zero-order chi connectivity index (χ0) is 22.1. The Bertz CT molecular complexity index is 932. The zero-order valence-corrected chi connectivity index (χ0v) is 17.3. The number of likely N-dealkylation sites (N-methyl/N-ethyl adjacent to an activating group) is 1. The van der Waals surface area contributed by atoms with Gasteiger partial charge in [0.15, 0.2) is 0 Å². The van der Waals surface area contributed by atoms with E-state index in [-0.39, 0.29) is 24.1 Å². The highest BCUT2D eigenvalue weighted by molar-refractivity contribution is 5.77. The third-order valence-electron chi connectivity index (χ3n) is 4.18. The normalized spacial score (nSPS) is 11.6. The van der Waals surface area contributed by atoms with Crippen LogP contribution in [-0.2, 0) is 9.59 Å². The summed E-state index contributed by atoms with van der Waals surface area (Å²) in [6, 6.07) is 14.1. The van der Waals surface area contributed by atoms with Crippen LogP contribution in [0.2, 0.25) is 0 Å². The van der Waals surface area contributed by atoms with Crippen LogP contribution in [0.3, 0.4) is 0 Å². The molecule has 160 valence electrons. The van der Waals surface area contributed by atoms with Crippen molar-refractivity contribution in [3.63, 3.8) is 0 Å². The van der Waals surface area contributed by atoms with Crippen molar-refractivity contribution >= 4 is 22.9 Å². The van der Waals surface area contributed by atoms with Crippen LogP contribution in [0, 0.1) is 0 Å². The van der Waals surface area contributed by atoms with Gasteiger partial charge in [0.2, 0.25) is 5.91 Å². The van der Waals surface area contributed by atoms with E-state index in [1.807, 2.05) is 38.4 Å². The molecule has 0 saturated carbocycles. The number of phenolic OH excluding ortho intramolecular Hbond substituents is 1. The average molecular weight is 413 g/mol. The molecule has 0 aliphatic heterocycles.